The van der Waals surface area contributed by atoms with Crippen LogP contribution in [0.5, 0.6) is 5.75 Å². The van der Waals surface area contributed by atoms with Crippen LogP contribution in [0.2, 0.25) is 0 Å². The Hall–Kier alpha value is -2.20. The van der Waals surface area contributed by atoms with Crippen LogP contribution < -0.4 is 10.5 Å². The number of rotatable bonds is 7. The Morgan fingerprint density at radius 1 is 1.48 bits per heavy atom. The lowest BCUT2D eigenvalue weighted by Crippen LogP contribution is -2.12. The van der Waals surface area contributed by atoms with Crippen LogP contribution in [-0.4, -0.2) is 38.8 Å². The van der Waals surface area contributed by atoms with Gasteiger partial charge in [0.1, 0.15) is 5.75 Å². The molecule has 0 fully saturated rings. The molecule has 1 heterocycles. The molecule has 0 aliphatic rings. The quantitative estimate of drug-likeness (QED) is 0.453. The highest BCUT2D eigenvalue weighted by Crippen LogP contribution is 2.27. The van der Waals surface area contributed by atoms with Crippen LogP contribution in [0, 0.1) is 10.1 Å². The van der Waals surface area contributed by atoms with Crippen LogP contribution in [0.3, 0.4) is 0 Å². The molecule has 0 unspecified atom stereocenters. The first kappa shape index (κ1) is 15.2. The van der Waals surface area contributed by atoms with Gasteiger partial charge in [0, 0.05) is 18.4 Å². The molecule has 0 aliphatic heterocycles. The fourth-order valence-corrected chi connectivity index (χ4v) is 2.49. The standard InChI is InChI=1S/C11H14N6O3S/c1-20-10-5-8(4-9(6-10)17(18)19)7-21-11-13-14-15-16(11)3-2-12/h4-6H,2-3,7,12H2,1H3. The SMILES string of the molecule is COc1cc(CSc2nnnn2CCN)cc([N+](=O)[O-])c1. The van der Waals surface area contributed by atoms with Gasteiger partial charge in [0.2, 0.25) is 5.16 Å². The Balaban J connectivity index is 2.13. The summed E-state index contributed by atoms with van der Waals surface area (Å²) in [6.45, 7) is 0.955. The van der Waals surface area contributed by atoms with E-state index in [2.05, 4.69) is 15.5 Å². The van der Waals surface area contributed by atoms with Gasteiger partial charge in [-0.2, -0.15) is 0 Å². The molecule has 0 spiro atoms. The second-order valence-electron chi connectivity index (χ2n) is 4.06. The molecule has 1 aromatic heterocycles. The minimum atomic E-state index is -0.449. The summed E-state index contributed by atoms with van der Waals surface area (Å²) in [7, 11) is 1.47. The number of thioether (sulfide) groups is 1. The minimum absolute atomic E-state index is 0.00787. The predicted molar refractivity (Wildman–Crippen MR) is 76.1 cm³/mol. The summed E-state index contributed by atoms with van der Waals surface area (Å²) in [4.78, 5) is 10.4. The zero-order valence-corrected chi connectivity index (χ0v) is 12.1. The monoisotopic (exact) mass is 310 g/mol. The Bertz CT molecular complexity index is 632. The first-order chi connectivity index (χ1) is 10.1. The lowest BCUT2D eigenvalue weighted by atomic mass is 10.2. The molecule has 0 atom stereocenters. The van der Waals surface area contributed by atoms with Gasteiger partial charge in [0.15, 0.2) is 0 Å². The van der Waals surface area contributed by atoms with E-state index in [1.165, 1.54) is 31.0 Å². The van der Waals surface area contributed by atoms with Crippen LogP contribution in [0.4, 0.5) is 5.69 Å². The van der Waals surface area contributed by atoms with Crippen molar-refractivity contribution < 1.29 is 9.66 Å². The molecule has 2 N–H and O–H groups in total. The van der Waals surface area contributed by atoms with E-state index in [1.807, 2.05) is 0 Å². The molecule has 1 aromatic carbocycles. The first-order valence-electron chi connectivity index (χ1n) is 6.05. The molecule has 9 nitrogen and oxygen atoms in total. The molecule has 10 heteroatoms. The molecule has 0 saturated heterocycles. The number of ether oxygens (including phenoxy) is 1. The van der Waals surface area contributed by atoms with Crippen LogP contribution >= 0.6 is 11.8 Å². The zero-order chi connectivity index (χ0) is 15.2. The highest BCUT2D eigenvalue weighted by Gasteiger charge is 2.12. The number of benzene rings is 1. The number of nitrogens with zero attached hydrogens (tertiary/aromatic N) is 5. The highest BCUT2D eigenvalue weighted by molar-refractivity contribution is 7.98. The number of methoxy groups -OCH3 is 1. The maximum Gasteiger partial charge on any atom is 0.273 e. The number of non-ortho nitro benzene ring substituents is 1. The third-order valence-electron chi connectivity index (χ3n) is 2.61. The molecule has 0 radical (unpaired) electrons. The summed E-state index contributed by atoms with van der Waals surface area (Å²) in [6, 6.07) is 4.64. The topological polar surface area (TPSA) is 122 Å². The average molecular weight is 310 g/mol. The van der Waals surface area contributed by atoms with Gasteiger partial charge in [-0.3, -0.25) is 10.1 Å². The van der Waals surface area contributed by atoms with Gasteiger partial charge in [-0.05, 0) is 22.1 Å². The van der Waals surface area contributed by atoms with E-state index in [-0.39, 0.29) is 5.69 Å². The zero-order valence-electron chi connectivity index (χ0n) is 11.3. The van der Waals surface area contributed by atoms with Crippen LogP contribution in [0.25, 0.3) is 0 Å². The van der Waals surface area contributed by atoms with Crippen molar-refractivity contribution in [2.24, 2.45) is 5.73 Å². The molecular weight excluding hydrogens is 296 g/mol. The molecule has 0 saturated carbocycles. The van der Waals surface area contributed by atoms with Crippen molar-refractivity contribution in [2.75, 3.05) is 13.7 Å². The second kappa shape index (κ2) is 6.99. The fraction of sp³-hybridized carbons (Fsp3) is 0.364. The smallest absolute Gasteiger partial charge is 0.273 e. The molecule has 0 bridgehead atoms. The summed E-state index contributed by atoms with van der Waals surface area (Å²) >= 11 is 1.38. The number of hydrogen-bond donors (Lipinski definition) is 1. The maximum atomic E-state index is 10.9. The van der Waals surface area contributed by atoms with Crippen molar-refractivity contribution in [3.63, 3.8) is 0 Å². The van der Waals surface area contributed by atoms with Gasteiger partial charge in [0.05, 0.1) is 24.6 Å². The largest absolute Gasteiger partial charge is 0.496 e. The summed E-state index contributed by atoms with van der Waals surface area (Å²) in [5, 5.41) is 22.8. The third-order valence-corrected chi connectivity index (χ3v) is 3.63. The number of nitro benzene ring substituents is 1. The minimum Gasteiger partial charge on any atom is -0.496 e. The average Bonchev–Trinajstić information content (AvgIpc) is 2.92. The summed E-state index contributed by atoms with van der Waals surface area (Å²) in [5.74, 6) is 0.935. The summed E-state index contributed by atoms with van der Waals surface area (Å²) < 4.78 is 6.67. The van der Waals surface area contributed by atoms with Crippen molar-refractivity contribution in [2.45, 2.75) is 17.5 Å². The van der Waals surface area contributed by atoms with Crippen molar-refractivity contribution in [1.82, 2.24) is 20.2 Å². The van der Waals surface area contributed by atoms with Gasteiger partial charge >= 0.3 is 0 Å². The van der Waals surface area contributed by atoms with Gasteiger partial charge in [-0.25, -0.2) is 4.68 Å². The number of aromatic nitrogens is 4. The number of nitro groups is 1. The van der Waals surface area contributed by atoms with Crippen molar-refractivity contribution in [3.05, 3.63) is 33.9 Å². The van der Waals surface area contributed by atoms with Gasteiger partial charge in [-0.15, -0.1) is 5.10 Å². The van der Waals surface area contributed by atoms with Crippen LogP contribution in [0.15, 0.2) is 23.4 Å². The van der Waals surface area contributed by atoms with Crippen molar-refractivity contribution >= 4 is 17.4 Å². The van der Waals surface area contributed by atoms with Crippen LogP contribution in [0.1, 0.15) is 5.56 Å². The van der Waals surface area contributed by atoms with E-state index in [0.29, 0.717) is 29.7 Å². The summed E-state index contributed by atoms with van der Waals surface area (Å²) in [5.41, 5.74) is 6.22. The van der Waals surface area contributed by atoms with E-state index < -0.39 is 4.92 Å². The highest BCUT2D eigenvalue weighted by atomic mass is 32.2. The predicted octanol–water partition coefficient (Wildman–Crippen LogP) is 0.841. The van der Waals surface area contributed by atoms with E-state index in [4.69, 9.17) is 10.5 Å². The molecule has 21 heavy (non-hydrogen) atoms. The fourth-order valence-electron chi connectivity index (χ4n) is 1.66. The third kappa shape index (κ3) is 3.89. The molecule has 2 rings (SSSR count). The van der Waals surface area contributed by atoms with E-state index in [9.17, 15) is 10.1 Å². The van der Waals surface area contributed by atoms with Crippen molar-refractivity contribution in [3.8, 4) is 5.75 Å². The number of nitrogens with two attached hydrogens (primary N) is 1. The van der Waals surface area contributed by atoms with Gasteiger partial charge < -0.3 is 10.5 Å². The second-order valence-corrected chi connectivity index (χ2v) is 5.00. The molecular formula is C11H14N6O3S. The van der Waals surface area contributed by atoms with Crippen molar-refractivity contribution in [1.29, 1.82) is 0 Å². The molecule has 0 aliphatic carbocycles. The maximum absolute atomic E-state index is 10.9. The van der Waals surface area contributed by atoms with Gasteiger partial charge in [-0.1, -0.05) is 11.8 Å². The normalized spacial score (nSPS) is 10.6. The first-order valence-corrected chi connectivity index (χ1v) is 7.04. The number of hydrogen-bond acceptors (Lipinski definition) is 8. The lowest BCUT2D eigenvalue weighted by Gasteiger charge is -2.05. The van der Waals surface area contributed by atoms with Crippen LogP contribution in [-0.2, 0) is 12.3 Å². The molecule has 112 valence electrons. The molecule has 2 aromatic rings. The number of tetrazole rings is 1. The van der Waals surface area contributed by atoms with E-state index in [1.54, 1.807) is 10.7 Å². The molecule has 0 amide bonds. The Labute approximate surface area is 124 Å². The lowest BCUT2D eigenvalue weighted by molar-refractivity contribution is -0.385. The van der Waals surface area contributed by atoms with E-state index in [0.717, 1.165) is 5.56 Å². The summed E-state index contributed by atoms with van der Waals surface area (Å²) in [6.07, 6.45) is 0. The van der Waals surface area contributed by atoms with Gasteiger partial charge in [0.25, 0.3) is 5.69 Å². The Morgan fingerprint density at radius 2 is 2.29 bits per heavy atom. The van der Waals surface area contributed by atoms with E-state index >= 15 is 0 Å². The Kier molecular flexibility index (Phi) is 5.06. The Morgan fingerprint density at radius 3 is 2.95 bits per heavy atom.